The van der Waals surface area contributed by atoms with E-state index in [1.807, 2.05) is 13.8 Å². The summed E-state index contributed by atoms with van der Waals surface area (Å²) in [7, 11) is -2.96. The number of aliphatic hydroxyl groups excluding tert-OH is 1. The third kappa shape index (κ3) is 4.95. The van der Waals surface area contributed by atoms with Gasteiger partial charge < -0.3 is 10.8 Å². The van der Waals surface area contributed by atoms with Gasteiger partial charge in [-0.15, -0.1) is 0 Å². The topological polar surface area (TPSA) is 80.4 Å². The molecule has 3 N–H and O–H groups in total. The highest BCUT2D eigenvalue weighted by Crippen LogP contribution is 2.25. The van der Waals surface area contributed by atoms with Gasteiger partial charge in [0, 0.05) is 24.3 Å². The summed E-state index contributed by atoms with van der Waals surface area (Å²) in [5, 5.41) is 9.23. The van der Waals surface area contributed by atoms with Crippen molar-refractivity contribution in [3.63, 3.8) is 0 Å². The molecule has 0 saturated heterocycles. The van der Waals surface area contributed by atoms with Crippen molar-refractivity contribution < 1.29 is 13.5 Å². The summed E-state index contributed by atoms with van der Waals surface area (Å²) in [6, 6.07) is 0. The van der Waals surface area contributed by atoms with Crippen molar-refractivity contribution in [1.29, 1.82) is 0 Å². The highest BCUT2D eigenvalue weighted by Gasteiger charge is 2.27. The smallest absolute Gasteiger partial charge is 0.150 e. The number of rotatable bonds is 8. The van der Waals surface area contributed by atoms with Crippen LogP contribution < -0.4 is 5.73 Å². The van der Waals surface area contributed by atoms with E-state index < -0.39 is 15.3 Å². The summed E-state index contributed by atoms with van der Waals surface area (Å²) < 4.78 is 23.0. The van der Waals surface area contributed by atoms with Crippen LogP contribution in [0.5, 0.6) is 0 Å². The van der Waals surface area contributed by atoms with Gasteiger partial charge in [0.15, 0.2) is 0 Å². The van der Waals surface area contributed by atoms with Gasteiger partial charge in [-0.05, 0) is 19.3 Å². The Morgan fingerprint density at radius 3 is 2.20 bits per heavy atom. The predicted molar refractivity (Wildman–Crippen MR) is 62.4 cm³/mol. The molecule has 0 saturated carbocycles. The molecule has 1 unspecified atom stereocenters. The minimum absolute atomic E-state index is 0.0400. The van der Waals surface area contributed by atoms with E-state index in [4.69, 9.17) is 5.73 Å². The highest BCUT2D eigenvalue weighted by atomic mass is 32.2. The number of hydrogen-bond donors (Lipinski definition) is 2. The molecular weight excluding hydrogens is 214 g/mol. The third-order valence-electron chi connectivity index (χ3n) is 2.98. The highest BCUT2D eigenvalue weighted by molar-refractivity contribution is 7.91. The molecule has 0 aliphatic carbocycles. The second-order valence-corrected chi connectivity index (χ2v) is 6.42. The van der Waals surface area contributed by atoms with Crippen LogP contribution >= 0.6 is 0 Å². The Hall–Kier alpha value is -0.130. The SMILES string of the molecule is CCCS(=O)(=O)CCC(CC)(CN)CO. The average Bonchev–Trinajstić information content (AvgIpc) is 2.21. The van der Waals surface area contributed by atoms with Crippen molar-refractivity contribution in [2.24, 2.45) is 11.1 Å². The van der Waals surface area contributed by atoms with Gasteiger partial charge in [-0.2, -0.15) is 0 Å². The molecule has 0 aromatic rings. The first kappa shape index (κ1) is 14.9. The summed E-state index contributed by atoms with van der Waals surface area (Å²) in [5.74, 6) is 0.356. The van der Waals surface area contributed by atoms with Gasteiger partial charge in [-0.25, -0.2) is 8.42 Å². The predicted octanol–water partition coefficient (Wildman–Crippen LogP) is 0.549. The molecule has 1 atom stereocenters. The molecule has 0 heterocycles. The van der Waals surface area contributed by atoms with Gasteiger partial charge in [-0.1, -0.05) is 13.8 Å². The average molecular weight is 237 g/mol. The third-order valence-corrected chi connectivity index (χ3v) is 4.83. The van der Waals surface area contributed by atoms with E-state index in [0.29, 0.717) is 25.8 Å². The van der Waals surface area contributed by atoms with Crippen LogP contribution in [0.3, 0.4) is 0 Å². The standard InChI is InChI=1S/C10H23NO3S/c1-3-6-15(13,14)7-5-10(4-2,8-11)9-12/h12H,3-9,11H2,1-2H3. The zero-order chi connectivity index (χ0) is 11.9. The summed E-state index contributed by atoms with van der Waals surface area (Å²) >= 11 is 0. The molecule has 0 spiro atoms. The minimum Gasteiger partial charge on any atom is -0.396 e. The van der Waals surface area contributed by atoms with Gasteiger partial charge >= 0.3 is 0 Å². The Kier molecular flexibility index (Phi) is 6.40. The number of hydrogen-bond acceptors (Lipinski definition) is 4. The molecule has 0 fully saturated rings. The van der Waals surface area contributed by atoms with E-state index in [1.54, 1.807) is 0 Å². The fraction of sp³-hybridized carbons (Fsp3) is 1.00. The van der Waals surface area contributed by atoms with E-state index in [0.717, 1.165) is 0 Å². The van der Waals surface area contributed by atoms with E-state index in [-0.39, 0.29) is 18.1 Å². The maximum absolute atomic E-state index is 11.5. The Balaban J connectivity index is 4.34. The first-order valence-corrected chi connectivity index (χ1v) is 7.28. The van der Waals surface area contributed by atoms with E-state index >= 15 is 0 Å². The first-order valence-electron chi connectivity index (χ1n) is 5.46. The monoisotopic (exact) mass is 237 g/mol. The molecule has 0 aliphatic heterocycles. The van der Waals surface area contributed by atoms with Crippen LogP contribution in [0.4, 0.5) is 0 Å². The Morgan fingerprint density at radius 2 is 1.87 bits per heavy atom. The van der Waals surface area contributed by atoms with E-state index in [1.165, 1.54) is 0 Å². The van der Waals surface area contributed by atoms with Crippen molar-refractivity contribution in [1.82, 2.24) is 0 Å². The molecule has 0 aliphatic rings. The van der Waals surface area contributed by atoms with Gasteiger partial charge in [0.1, 0.15) is 9.84 Å². The molecular formula is C10H23NO3S. The summed E-state index contributed by atoms with van der Waals surface area (Å²) in [6.45, 7) is 4.07. The fourth-order valence-corrected chi connectivity index (χ4v) is 3.03. The van der Waals surface area contributed by atoms with Crippen LogP contribution in [0.15, 0.2) is 0 Å². The van der Waals surface area contributed by atoms with Crippen LogP contribution in [0, 0.1) is 5.41 Å². The molecule has 0 radical (unpaired) electrons. The van der Waals surface area contributed by atoms with Gasteiger partial charge in [0.25, 0.3) is 0 Å². The van der Waals surface area contributed by atoms with E-state index in [2.05, 4.69) is 0 Å². The van der Waals surface area contributed by atoms with Gasteiger partial charge in [-0.3, -0.25) is 0 Å². The Bertz CT molecular complexity index is 250. The Labute approximate surface area is 92.8 Å². The molecule has 0 aromatic carbocycles. The molecule has 0 bridgehead atoms. The van der Waals surface area contributed by atoms with Gasteiger partial charge in [0.2, 0.25) is 0 Å². The minimum atomic E-state index is -2.96. The number of nitrogens with two attached hydrogens (primary N) is 1. The molecule has 5 heteroatoms. The van der Waals surface area contributed by atoms with Crippen LogP contribution in [-0.4, -0.2) is 38.2 Å². The normalized spacial score (nSPS) is 16.3. The summed E-state index contributed by atoms with van der Waals surface area (Å²) in [6.07, 6.45) is 1.81. The van der Waals surface area contributed by atoms with Crippen molar-refractivity contribution in [2.75, 3.05) is 24.7 Å². The van der Waals surface area contributed by atoms with Crippen molar-refractivity contribution in [2.45, 2.75) is 33.1 Å². The summed E-state index contributed by atoms with van der Waals surface area (Å²) in [5.41, 5.74) is 5.16. The molecule has 15 heavy (non-hydrogen) atoms. The van der Waals surface area contributed by atoms with Crippen LogP contribution in [0.2, 0.25) is 0 Å². The molecule has 0 aromatic heterocycles. The quantitative estimate of drug-likeness (QED) is 0.646. The second kappa shape index (κ2) is 6.45. The lowest BCUT2D eigenvalue weighted by atomic mass is 9.83. The van der Waals surface area contributed by atoms with Crippen molar-refractivity contribution >= 4 is 9.84 Å². The number of sulfone groups is 1. The lowest BCUT2D eigenvalue weighted by Gasteiger charge is -2.28. The number of aliphatic hydroxyl groups is 1. The van der Waals surface area contributed by atoms with Crippen LogP contribution in [0.1, 0.15) is 33.1 Å². The molecule has 4 nitrogen and oxygen atoms in total. The molecule has 0 rings (SSSR count). The van der Waals surface area contributed by atoms with E-state index in [9.17, 15) is 13.5 Å². The Morgan fingerprint density at radius 1 is 1.27 bits per heavy atom. The second-order valence-electron chi connectivity index (χ2n) is 4.12. The lowest BCUT2D eigenvalue weighted by Crippen LogP contribution is -2.35. The van der Waals surface area contributed by atoms with Crippen LogP contribution in [0.25, 0.3) is 0 Å². The van der Waals surface area contributed by atoms with Crippen molar-refractivity contribution in [3.05, 3.63) is 0 Å². The lowest BCUT2D eigenvalue weighted by molar-refractivity contribution is 0.124. The maximum atomic E-state index is 11.5. The zero-order valence-electron chi connectivity index (χ0n) is 9.70. The molecule has 92 valence electrons. The first-order chi connectivity index (χ1) is 6.95. The summed E-state index contributed by atoms with van der Waals surface area (Å²) in [4.78, 5) is 0. The largest absolute Gasteiger partial charge is 0.396 e. The zero-order valence-corrected chi connectivity index (χ0v) is 10.5. The van der Waals surface area contributed by atoms with Gasteiger partial charge in [0.05, 0.1) is 5.75 Å². The fourth-order valence-electron chi connectivity index (χ4n) is 1.46. The maximum Gasteiger partial charge on any atom is 0.150 e. The molecule has 0 amide bonds. The van der Waals surface area contributed by atoms with Crippen LogP contribution in [-0.2, 0) is 9.84 Å². The van der Waals surface area contributed by atoms with Crippen molar-refractivity contribution in [3.8, 4) is 0 Å².